The zero-order valence-electron chi connectivity index (χ0n) is 6.77. The molecule has 0 heterocycles. The maximum Gasteiger partial charge on any atom is 2.00 e. The fourth-order valence-corrected chi connectivity index (χ4v) is 1.01. The molecule has 1 rings (SSSR count). The summed E-state index contributed by atoms with van der Waals surface area (Å²) in [5.74, 6) is 0. The molecule has 1 aliphatic rings. The van der Waals surface area contributed by atoms with Gasteiger partial charge in [-0.05, 0) is 0 Å². The second kappa shape index (κ2) is 7.21. The zero-order chi connectivity index (χ0) is 5.82. The molecule has 0 saturated carbocycles. The first-order chi connectivity index (χ1) is 3.93. The molecular weight excluding hydrogens is 173 g/mol. The quantitative estimate of drug-likeness (QED) is 0.437. The summed E-state index contributed by atoms with van der Waals surface area (Å²) in [6.07, 6.45) is 9.03. The van der Waals surface area contributed by atoms with Crippen LogP contribution < -0.4 is 0 Å². The van der Waals surface area contributed by atoms with Gasteiger partial charge in [0.25, 0.3) is 0 Å². The molecule has 0 aromatic rings. The Balaban J connectivity index is 0. The van der Waals surface area contributed by atoms with Crippen LogP contribution in [0.2, 0.25) is 0 Å². The molecule has 0 radical (unpaired) electrons. The Bertz CT molecular complexity index is 114. The summed E-state index contributed by atoms with van der Waals surface area (Å²) < 4.78 is 0. The van der Waals surface area contributed by atoms with Crippen molar-refractivity contribution < 1.29 is 19.5 Å². The minimum atomic E-state index is 0. The van der Waals surface area contributed by atoms with E-state index in [-0.39, 0.29) is 26.9 Å². The summed E-state index contributed by atoms with van der Waals surface area (Å²) in [7, 11) is 0. The minimum absolute atomic E-state index is 0. The molecule has 0 aromatic carbocycles. The van der Waals surface area contributed by atoms with Gasteiger partial charge in [-0.15, -0.1) is 0 Å². The van der Waals surface area contributed by atoms with Gasteiger partial charge < -0.3 is 7.43 Å². The average molecular weight is 188 g/mol. The predicted octanol–water partition coefficient (Wildman–Crippen LogP) is 2.92. The van der Waals surface area contributed by atoms with Gasteiger partial charge >= 0.3 is 19.5 Å². The monoisotopic (exact) mass is 186 g/mol. The normalized spacial score (nSPS) is 15.8. The zero-order valence-corrected chi connectivity index (χ0v) is 9.73. The maximum absolute atomic E-state index is 5.31. The van der Waals surface area contributed by atoms with E-state index >= 15 is 0 Å². The molecule has 1 heteroatoms. The molecule has 0 bridgehead atoms. The van der Waals surface area contributed by atoms with Crippen LogP contribution in [0.25, 0.3) is 0 Å². The third-order valence-electron chi connectivity index (χ3n) is 1.54. The van der Waals surface area contributed by atoms with Crippen molar-refractivity contribution >= 4 is 0 Å². The first-order valence-electron chi connectivity index (χ1n) is 3.17. The molecule has 0 saturated heterocycles. The molecule has 0 N–H and O–H groups in total. The molecule has 0 nitrogen and oxygen atoms in total. The maximum atomic E-state index is 5.31. The number of allylic oxidation sites excluding steroid dienone is 3. The van der Waals surface area contributed by atoms with Crippen LogP contribution in [0.3, 0.4) is 0 Å². The van der Waals surface area contributed by atoms with Crippen molar-refractivity contribution in [1.82, 2.24) is 0 Å². The van der Waals surface area contributed by atoms with Gasteiger partial charge in [0.05, 0.1) is 0 Å². The van der Waals surface area contributed by atoms with E-state index in [4.69, 9.17) is 6.58 Å². The van der Waals surface area contributed by atoms with E-state index in [0.717, 1.165) is 0 Å². The van der Waals surface area contributed by atoms with Gasteiger partial charge in [0.2, 0.25) is 0 Å². The third-order valence-corrected chi connectivity index (χ3v) is 1.54. The SMILES string of the molecule is [CH-]=CC1=CCCCC1.[CH3-].[Zn+2]. The van der Waals surface area contributed by atoms with Gasteiger partial charge in [0.1, 0.15) is 0 Å². The van der Waals surface area contributed by atoms with Crippen molar-refractivity contribution in [3.8, 4) is 0 Å². The van der Waals surface area contributed by atoms with Crippen molar-refractivity contribution in [3.63, 3.8) is 0 Å². The number of hydrogen-bond acceptors (Lipinski definition) is 0. The molecule has 0 aromatic heterocycles. The van der Waals surface area contributed by atoms with Crippen LogP contribution in [-0.2, 0) is 19.5 Å². The predicted molar refractivity (Wildman–Crippen MR) is 41.8 cm³/mol. The van der Waals surface area contributed by atoms with Crippen LogP contribution in [0.4, 0.5) is 0 Å². The molecule has 0 atom stereocenters. The van der Waals surface area contributed by atoms with Gasteiger partial charge in [0.15, 0.2) is 0 Å². The minimum Gasteiger partial charge on any atom is -0.358 e. The van der Waals surface area contributed by atoms with Crippen molar-refractivity contribution in [2.45, 2.75) is 25.7 Å². The molecule has 0 fully saturated rings. The largest absolute Gasteiger partial charge is 2.00 e. The Morgan fingerprint density at radius 1 is 1.40 bits per heavy atom. The molecule has 52 valence electrons. The summed E-state index contributed by atoms with van der Waals surface area (Å²) >= 11 is 0. The Morgan fingerprint density at radius 2 is 2.10 bits per heavy atom. The summed E-state index contributed by atoms with van der Waals surface area (Å²) in [5.41, 5.74) is 1.33. The molecule has 0 unspecified atom stereocenters. The summed E-state index contributed by atoms with van der Waals surface area (Å²) in [5, 5.41) is 0. The summed E-state index contributed by atoms with van der Waals surface area (Å²) in [6, 6.07) is 0. The third kappa shape index (κ3) is 4.01. The van der Waals surface area contributed by atoms with Crippen LogP contribution in [-0.4, -0.2) is 0 Å². The molecule has 1 aliphatic carbocycles. The fourth-order valence-electron chi connectivity index (χ4n) is 1.01. The Kier molecular flexibility index (Phi) is 9.20. The van der Waals surface area contributed by atoms with E-state index in [9.17, 15) is 0 Å². The first-order valence-corrected chi connectivity index (χ1v) is 3.17. The number of rotatable bonds is 1. The first kappa shape index (κ1) is 12.8. The van der Waals surface area contributed by atoms with E-state index in [2.05, 4.69) is 6.08 Å². The second-order valence-electron chi connectivity index (χ2n) is 2.19. The number of hydrogen-bond donors (Lipinski definition) is 0. The van der Waals surface area contributed by atoms with Gasteiger partial charge in [-0.1, -0.05) is 25.7 Å². The van der Waals surface area contributed by atoms with E-state index < -0.39 is 0 Å². The van der Waals surface area contributed by atoms with Crippen LogP contribution in [0.15, 0.2) is 17.7 Å². The second-order valence-corrected chi connectivity index (χ2v) is 2.19. The van der Waals surface area contributed by atoms with Gasteiger partial charge in [-0.3, -0.25) is 6.58 Å². The van der Waals surface area contributed by atoms with Crippen molar-refractivity contribution in [2.24, 2.45) is 0 Å². The van der Waals surface area contributed by atoms with Gasteiger partial charge in [-0.25, -0.2) is 11.6 Å². The van der Waals surface area contributed by atoms with Crippen molar-refractivity contribution in [2.75, 3.05) is 0 Å². The van der Waals surface area contributed by atoms with Crippen LogP contribution in [0, 0.1) is 14.0 Å². The molecule has 0 aliphatic heterocycles. The van der Waals surface area contributed by atoms with Gasteiger partial charge in [-0.2, -0.15) is 6.08 Å². The van der Waals surface area contributed by atoms with E-state index in [1.54, 1.807) is 6.08 Å². The van der Waals surface area contributed by atoms with E-state index in [1.165, 1.54) is 31.3 Å². The summed E-state index contributed by atoms with van der Waals surface area (Å²) in [6.45, 7) is 5.31. The topological polar surface area (TPSA) is 0 Å². The van der Waals surface area contributed by atoms with Crippen LogP contribution in [0.1, 0.15) is 25.7 Å². The van der Waals surface area contributed by atoms with Crippen LogP contribution >= 0.6 is 0 Å². The molecule has 0 spiro atoms. The smallest absolute Gasteiger partial charge is 0.358 e. The molecule has 10 heavy (non-hydrogen) atoms. The summed E-state index contributed by atoms with van der Waals surface area (Å²) in [4.78, 5) is 0. The Morgan fingerprint density at radius 3 is 2.40 bits per heavy atom. The van der Waals surface area contributed by atoms with E-state index in [1.807, 2.05) is 0 Å². The molecular formula is C9H14Zn. The van der Waals surface area contributed by atoms with Crippen molar-refractivity contribution in [3.05, 3.63) is 31.7 Å². The van der Waals surface area contributed by atoms with Crippen LogP contribution in [0.5, 0.6) is 0 Å². The van der Waals surface area contributed by atoms with Crippen molar-refractivity contribution in [1.29, 1.82) is 0 Å². The van der Waals surface area contributed by atoms with E-state index in [0.29, 0.717) is 0 Å². The average Bonchev–Trinajstić information content (AvgIpc) is 1.90. The van der Waals surface area contributed by atoms with Gasteiger partial charge in [0, 0.05) is 0 Å². The fraction of sp³-hybridized carbons (Fsp3) is 0.444. The Hall–Kier alpha value is 0.103. The standard InChI is InChI=1S/C8H11.CH3.Zn/c1-2-8-6-4-3-5-7-8;;/h1-2,6H,3-5,7H2;1H3;/q2*-1;+2. The Labute approximate surface area is 77.2 Å². The molecule has 0 amide bonds.